The zero-order valence-electron chi connectivity index (χ0n) is 22.4. The van der Waals surface area contributed by atoms with Gasteiger partial charge in [-0.05, 0) is 74.8 Å². The Bertz CT molecular complexity index is 1330. The number of thiazole rings is 1. The van der Waals surface area contributed by atoms with Crippen molar-refractivity contribution >= 4 is 17.2 Å². The second-order valence-corrected chi connectivity index (χ2v) is 11.6. The molecule has 0 amide bonds. The number of tetrazole rings is 1. The summed E-state index contributed by atoms with van der Waals surface area (Å²) in [5, 5.41) is 27.6. The van der Waals surface area contributed by atoms with Crippen molar-refractivity contribution in [2.45, 2.75) is 70.1 Å². The van der Waals surface area contributed by atoms with Gasteiger partial charge in [0.2, 0.25) is 5.82 Å². The van der Waals surface area contributed by atoms with E-state index in [-0.39, 0.29) is 17.9 Å². The molecule has 5 rings (SSSR count). The van der Waals surface area contributed by atoms with E-state index >= 15 is 0 Å². The Morgan fingerprint density at radius 3 is 2.58 bits per heavy atom. The summed E-state index contributed by atoms with van der Waals surface area (Å²) in [7, 11) is 4.17. The number of aliphatic hydroxyl groups excluding tert-OH is 1. The van der Waals surface area contributed by atoms with Gasteiger partial charge in [0, 0.05) is 36.3 Å². The van der Waals surface area contributed by atoms with Crippen molar-refractivity contribution in [2.75, 3.05) is 19.4 Å². The van der Waals surface area contributed by atoms with Gasteiger partial charge >= 0.3 is 0 Å². The average Bonchev–Trinajstić information content (AvgIpc) is 3.60. The maximum absolute atomic E-state index is 9.88. The maximum atomic E-state index is 9.88. The summed E-state index contributed by atoms with van der Waals surface area (Å²) in [5.41, 5.74) is 3.16. The molecule has 2 atom stereocenters. The number of aliphatic hydroxyl groups is 1. The number of nitrogens with zero attached hydrogens (tertiary/aromatic N) is 7. The second kappa shape index (κ2) is 11.7. The molecule has 2 unspecified atom stereocenters. The summed E-state index contributed by atoms with van der Waals surface area (Å²) in [6, 6.07) is 14.5. The van der Waals surface area contributed by atoms with Gasteiger partial charge < -0.3 is 15.3 Å². The molecular weight excluding hydrogens is 496 g/mol. The molecule has 3 aromatic heterocycles. The van der Waals surface area contributed by atoms with Crippen LogP contribution in [0.5, 0.6) is 0 Å². The Morgan fingerprint density at radius 1 is 1.08 bits per heavy atom. The molecule has 1 saturated carbocycles. The Kier molecular flexibility index (Phi) is 8.11. The normalized spacial score (nSPS) is 19.4. The Balaban J connectivity index is 1.34. The minimum Gasteiger partial charge on any atom is -0.393 e. The molecule has 9 nitrogen and oxygen atoms in total. The number of pyridine rings is 1. The molecule has 0 aliphatic heterocycles. The van der Waals surface area contributed by atoms with Crippen LogP contribution in [0.1, 0.15) is 67.6 Å². The van der Waals surface area contributed by atoms with Crippen LogP contribution in [0.2, 0.25) is 0 Å². The molecule has 4 aromatic rings. The first-order valence-corrected chi connectivity index (χ1v) is 14.1. The van der Waals surface area contributed by atoms with E-state index in [0.29, 0.717) is 11.9 Å². The van der Waals surface area contributed by atoms with Crippen molar-refractivity contribution in [1.82, 2.24) is 35.1 Å². The van der Waals surface area contributed by atoms with E-state index in [2.05, 4.69) is 65.7 Å². The van der Waals surface area contributed by atoms with E-state index < -0.39 is 0 Å². The van der Waals surface area contributed by atoms with Crippen LogP contribution in [0.15, 0.2) is 48.7 Å². The van der Waals surface area contributed by atoms with E-state index in [1.54, 1.807) is 16.1 Å². The number of hydrogen-bond acceptors (Lipinski definition) is 9. The second-order valence-electron chi connectivity index (χ2n) is 10.6. The lowest BCUT2D eigenvalue weighted by molar-refractivity contribution is 0.126. The van der Waals surface area contributed by atoms with Crippen LogP contribution >= 0.6 is 11.3 Å². The van der Waals surface area contributed by atoms with Gasteiger partial charge in [-0.1, -0.05) is 32.0 Å². The standard InChI is InChI=1S/C28H36N8OS/c1-18(24-14-20(17-35(3)4)15-26(31-24)30-21-10-12-23(37)13-11-21)19(2)28-29-16-25(38-28)27-32-34-36(33-27)22-8-6-5-7-9-22/h5-9,14-16,18-19,21,23,37H,10-13,17H2,1-4H3,(H,30,31). The molecule has 0 radical (unpaired) electrons. The highest BCUT2D eigenvalue weighted by molar-refractivity contribution is 7.15. The lowest BCUT2D eigenvalue weighted by Gasteiger charge is -2.27. The fourth-order valence-corrected chi connectivity index (χ4v) is 5.86. The third kappa shape index (κ3) is 6.25. The number of nitrogens with one attached hydrogen (secondary N) is 1. The van der Waals surface area contributed by atoms with Gasteiger partial charge in [-0.25, -0.2) is 9.97 Å². The van der Waals surface area contributed by atoms with Crippen LogP contribution in [0.3, 0.4) is 0 Å². The van der Waals surface area contributed by atoms with Gasteiger partial charge in [-0.2, -0.15) is 0 Å². The lowest BCUT2D eigenvalue weighted by Crippen LogP contribution is -2.28. The molecule has 3 heterocycles. The van der Waals surface area contributed by atoms with Crippen LogP contribution in [0, 0.1) is 0 Å². The molecule has 0 saturated heterocycles. The highest BCUT2D eigenvalue weighted by Gasteiger charge is 2.24. The lowest BCUT2D eigenvalue weighted by atomic mass is 9.91. The first-order valence-electron chi connectivity index (χ1n) is 13.3. The van der Waals surface area contributed by atoms with Crippen molar-refractivity contribution in [3.8, 4) is 16.4 Å². The zero-order valence-corrected chi connectivity index (χ0v) is 23.3. The fourth-order valence-electron chi connectivity index (χ4n) is 4.86. The van der Waals surface area contributed by atoms with Crippen molar-refractivity contribution in [2.24, 2.45) is 0 Å². The smallest absolute Gasteiger partial charge is 0.216 e. The van der Waals surface area contributed by atoms with Gasteiger partial charge in [0.05, 0.1) is 21.7 Å². The fraction of sp³-hybridized carbons (Fsp3) is 0.464. The quantitative estimate of drug-likeness (QED) is 0.315. The zero-order chi connectivity index (χ0) is 26.6. The Labute approximate surface area is 228 Å². The van der Waals surface area contributed by atoms with E-state index in [9.17, 15) is 5.11 Å². The van der Waals surface area contributed by atoms with E-state index in [4.69, 9.17) is 9.97 Å². The van der Waals surface area contributed by atoms with E-state index in [0.717, 1.165) is 59.3 Å². The number of rotatable bonds is 9. The number of hydrogen-bond donors (Lipinski definition) is 2. The van der Waals surface area contributed by atoms with Crippen molar-refractivity contribution in [1.29, 1.82) is 0 Å². The molecule has 1 aromatic carbocycles. The van der Waals surface area contributed by atoms with Gasteiger partial charge in [0.15, 0.2) is 0 Å². The largest absolute Gasteiger partial charge is 0.393 e. The molecule has 0 spiro atoms. The van der Waals surface area contributed by atoms with Crippen molar-refractivity contribution in [3.05, 3.63) is 64.9 Å². The average molecular weight is 533 g/mol. The molecule has 38 heavy (non-hydrogen) atoms. The van der Waals surface area contributed by atoms with Crippen LogP contribution in [-0.4, -0.2) is 66.4 Å². The van der Waals surface area contributed by atoms with Crippen molar-refractivity contribution in [3.63, 3.8) is 0 Å². The summed E-state index contributed by atoms with van der Waals surface area (Å²) in [6.07, 6.45) is 5.29. The SMILES string of the molecule is CC(c1cc(CN(C)C)cc(NC2CCC(O)CC2)n1)C(C)c1ncc(-c2nnn(-c3ccccc3)n2)s1. The number of anilines is 1. The molecule has 10 heteroatoms. The molecular formula is C28H36N8OS. The van der Waals surface area contributed by atoms with Gasteiger partial charge in [0.25, 0.3) is 0 Å². The molecule has 1 aliphatic rings. The van der Waals surface area contributed by atoms with Crippen LogP contribution in [0.4, 0.5) is 5.82 Å². The predicted molar refractivity (Wildman–Crippen MR) is 151 cm³/mol. The maximum Gasteiger partial charge on any atom is 0.216 e. The van der Waals surface area contributed by atoms with Gasteiger partial charge in [-0.3, -0.25) is 0 Å². The predicted octanol–water partition coefficient (Wildman–Crippen LogP) is 4.87. The highest BCUT2D eigenvalue weighted by atomic mass is 32.1. The molecule has 0 bridgehead atoms. The molecule has 200 valence electrons. The third-order valence-electron chi connectivity index (χ3n) is 7.20. The topological polar surface area (TPSA) is 105 Å². The highest BCUT2D eigenvalue weighted by Crippen LogP contribution is 2.37. The third-order valence-corrected chi connectivity index (χ3v) is 8.40. The monoisotopic (exact) mass is 532 g/mol. The minimum absolute atomic E-state index is 0.165. The first kappa shape index (κ1) is 26.4. The van der Waals surface area contributed by atoms with Crippen molar-refractivity contribution < 1.29 is 5.11 Å². The van der Waals surface area contributed by atoms with Crippen LogP contribution in [-0.2, 0) is 6.54 Å². The first-order chi connectivity index (χ1) is 18.4. The van der Waals surface area contributed by atoms with Gasteiger partial charge in [0.1, 0.15) is 5.82 Å². The molecule has 1 fully saturated rings. The number of para-hydroxylation sites is 1. The Morgan fingerprint density at radius 2 is 1.84 bits per heavy atom. The van der Waals surface area contributed by atoms with E-state index in [1.165, 1.54) is 5.56 Å². The summed E-state index contributed by atoms with van der Waals surface area (Å²) >= 11 is 1.61. The number of aromatic nitrogens is 6. The van der Waals surface area contributed by atoms with Crippen LogP contribution in [0.25, 0.3) is 16.4 Å². The van der Waals surface area contributed by atoms with Gasteiger partial charge in [-0.15, -0.1) is 26.3 Å². The molecule has 1 aliphatic carbocycles. The Hall–Kier alpha value is -3.21. The summed E-state index contributed by atoms with van der Waals surface area (Å²) in [5.74, 6) is 1.82. The molecule has 2 N–H and O–H groups in total. The van der Waals surface area contributed by atoms with Crippen LogP contribution < -0.4 is 5.32 Å². The van der Waals surface area contributed by atoms with E-state index in [1.807, 2.05) is 36.5 Å². The summed E-state index contributed by atoms with van der Waals surface area (Å²) in [4.78, 5) is 14.4. The minimum atomic E-state index is -0.168. The number of benzene rings is 1. The summed E-state index contributed by atoms with van der Waals surface area (Å²) in [6.45, 7) is 5.27. The summed E-state index contributed by atoms with van der Waals surface area (Å²) < 4.78 is 0.